The van der Waals surface area contributed by atoms with E-state index in [1.54, 1.807) is 12.4 Å². The Balaban J connectivity index is 1.74. The molecule has 31 heavy (non-hydrogen) atoms. The Kier molecular flexibility index (Phi) is 4.75. The predicted molar refractivity (Wildman–Crippen MR) is 125 cm³/mol. The number of ether oxygens (including phenoxy) is 1. The quantitative estimate of drug-likeness (QED) is 0.427. The average Bonchev–Trinajstić information content (AvgIpc) is 3.19. The second-order valence-corrected chi connectivity index (χ2v) is 7.39. The van der Waals surface area contributed by atoms with Crippen LogP contribution in [-0.2, 0) is 7.05 Å². The average molecular weight is 409 g/mol. The molecule has 6 nitrogen and oxygen atoms in total. The molecule has 0 fully saturated rings. The zero-order valence-corrected chi connectivity index (χ0v) is 17.8. The molecule has 6 heteroatoms. The third-order valence-electron chi connectivity index (χ3n) is 5.44. The molecule has 154 valence electrons. The van der Waals surface area contributed by atoms with Crippen molar-refractivity contribution < 1.29 is 4.74 Å². The van der Waals surface area contributed by atoms with Gasteiger partial charge in [-0.3, -0.25) is 4.98 Å². The van der Waals surface area contributed by atoms with Crippen molar-refractivity contribution in [3.8, 4) is 28.3 Å². The first-order valence-electron chi connectivity index (χ1n) is 10.3. The van der Waals surface area contributed by atoms with Crippen LogP contribution in [0.4, 0.5) is 5.82 Å². The van der Waals surface area contributed by atoms with Gasteiger partial charge in [0.15, 0.2) is 5.82 Å². The fourth-order valence-corrected chi connectivity index (χ4v) is 3.91. The summed E-state index contributed by atoms with van der Waals surface area (Å²) in [5.74, 6) is 2.11. The molecule has 0 aliphatic carbocycles. The Bertz CT molecular complexity index is 1390. The van der Waals surface area contributed by atoms with Crippen molar-refractivity contribution >= 4 is 27.6 Å². The summed E-state index contributed by atoms with van der Waals surface area (Å²) in [6, 6.07) is 16.7. The van der Waals surface area contributed by atoms with Crippen molar-refractivity contribution in [2.75, 3.05) is 19.0 Å². The van der Waals surface area contributed by atoms with Crippen LogP contribution in [0.15, 0.2) is 67.1 Å². The van der Waals surface area contributed by atoms with Gasteiger partial charge in [0.2, 0.25) is 0 Å². The highest BCUT2D eigenvalue weighted by molar-refractivity contribution is 5.98. The first-order chi connectivity index (χ1) is 15.2. The summed E-state index contributed by atoms with van der Waals surface area (Å²) in [6.07, 6.45) is 5.59. The van der Waals surface area contributed by atoms with Crippen LogP contribution < -0.4 is 10.1 Å². The fraction of sp³-hybridized carbons (Fsp3) is 0.160. The molecule has 3 aromatic heterocycles. The minimum absolute atomic E-state index is 0.553. The van der Waals surface area contributed by atoms with Gasteiger partial charge < -0.3 is 14.6 Å². The van der Waals surface area contributed by atoms with Crippen LogP contribution in [0.25, 0.3) is 44.3 Å². The molecular weight excluding hydrogens is 386 g/mol. The summed E-state index contributed by atoms with van der Waals surface area (Å²) in [5.41, 5.74) is 5.04. The number of aromatic nitrogens is 4. The van der Waals surface area contributed by atoms with Crippen molar-refractivity contribution in [1.29, 1.82) is 0 Å². The molecule has 0 aliphatic rings. The standard InChI is InChI=1S/C25H23N5O/c1-4-31-22-14-19(16-7-8-21-17(12-16)9-11-30(21)3)13-20-23(22)28-24(29-25(20)26-2)18-6-5-10-27-15-18/h5-15H,4H2,1-3H3,(H,26,28,29). The van der Waals surface area contributed by atoms with E-state index in [0.717, 1.165) is 39.2 Å². The first-order valence-corrected chi connectivity index (χ1v) is 10.3. The Morgan fingerprint density at radius 3 is 2.68 bits per heavy atom. The van der Waals surface area contributed by atoms with Gasteiger partial charge in [0, 0.05) is 54.5 Å². The molecular formula is C25H23N5O. The minimum atomic E-state index is 0.553. The van der Waals surface area contributed by atoms with Gasteiger partial charge in [0.25, 0.3) is 0 Å². The molecule has 0 bridgehead atoms. The van der Waals surface area contributed by atoms with Crippen molar-refractivity contribution in [1.82, 2.24) is 19.5 Å². The number of rotatable bonds is 5. The van der Waals surface area contributed by atoms with Gasteiger partial charge in [0.05, 0.1) is 6.61 Å². The van der Waals surface area contributed by atoms with Gasteiger partial charge in [-0.15, -0.1) is 0 Å². The summed E-state index contributed by atoms with van der Waals surface area (Å²) in [7, 11) is 3.93. The molecule has 0 saturated carbocycles. The van der Waals surface area contributed by atoms with E-state index in [-0.39, 0.29) is 0 Å². The lowest BCUT2D eigenvalue weighted by Crippen LogP contribution is -2.02. The van der Waals surface area contributed by atoms with E-state index in [2.05, 4.69) is 64.5 Å². The maximum Gasteiger partial charge on any atom is 0.163 e. The van der Waals surface area contributed by atoms with E-state index in [1.807, 2.05) is 26.1 Å². The summed E-state index contributed by atoms with van der Waals surface area (Å²) < 4.78 is 8.15. The van der Waals surface area contributed by atoms with Gasteiger partial charge in [-0.25, -0.2) is 9.97 Å². The lowest BCUT2D eigenvalue weighted by molar-refractivity contribution is 0.344. The van der Waals surface area contributed by atoms with Crippen LogP contribution in [0.3, 0.4) is 0 Å². The molecule has 5 rings (SSSR count). The number of benzene rings is 2. The maximum absolute atomic E-state index is 6.03. The van der Waals surface area contributed by atoms with Gasteiger partial charge in [0.1, 0.15) is 17.1 Å². The summed E-state index contributed by atoms with van der Waals surface area (Å²) >= 11 is 0. The van der Waals surface area contributed by atoms with Crippen LogP contribution in [0.2, 0.25) is 0 Å². The zero-order chi connectivity index (χ0) is 21.4. The highest BCUT2D eigenvalue weighted by atomic mass is 16.5. The lowest BCUT2D eigenvalue weighted by Gasteiger charge is -2.14. The molecule has 0 unspecified atom stereocenters. The number of anilines is 1. The first kappa shape index (κ1) is 19.1. The summed E-state index contributed by atoms with van der Waals surface area (Å²) in [6.45, 7) is 2.54. The molecule has 0 aliphatic heterocycles. The Morgan fingerprint density at radius 2 is 1.90 bits per heavy atom. The van der Waals surface area contributed by atoms with Gasteiger partial charge >= 0.3 is 0 Å². The molecule has 0 atom stereocenters. The minimum Gasteiger partial charge on any atom is -0.492 e. The smallest absolute Gasteiger partial charge is 0.163 e. The van der Waals surface area contributed by atoms with Crippen molar-refractivity contribution in [2.24, 2.45) is 7.05 Å². The molecule has 0 radical (unpaired) electrons. The molecule has 0 saturated heterocycles. The second kappa shape index (κ2) is 7.72. The SMILES string of the molecule is CCOc1cc(-c2ccc3c(ccn3C)c2)cc2c(NC)nc(-c3cccnc3)nc12. The highest BCUT2D eigenvalue weighted by Gasteiger charge is 2.15. The number of hydrogen-bond acceptors (Lipinski definition) is 5. The van der Waals surface area contributed by atoms with Crippen LogP contribution in [0.5, 0.6) is 5.75 Å². The second-order valence-electron chi connectivity index (χ2n) is 7.39. The maximum atomic E-state index is 6.03. The number of nitrogens with one attached hydrogen (secondary N) is 1. The molecule has 2 aromatic carbocycles. The van der Waals surface area contributed by atoms with Crippen molar-refractivity contribution in [3.05, 3.63) is 67.1 Å². The molecule has 1 N–H and O–H groups in total. The van der Waals surface area contributed by atoms with Gasteiger partial charge in [-0.05, 0) is 60.5 Å². The topological polar surface area (TPSA) is 64.9 Å². The van der Waals surface area contributed by atoms with Crippen molar-refractivity contribution in [3.63, 3.8) is 0 Å². The normalized spacial score (nSPS) is 11.2. The van der Waals surface area contributed by atoms with E-state index in [4.69, 9.17) is 14.7 Å². The van der Waals surface area contributed by atoms with E-state index >= 15 is 0 Å². The van der Waals surface area contributed by atoms with E-state index < -0.39 is 0 Å². The molecule has 3 heterocycles. The molecule has 0 amide bonds. The third kappa shape index (κ3) is 3.36. The summed E-state index contributed by atoms with van der Waals surface area (Å²) in [4.78, 5) is 13.8. The number of hydrogen-bond donors (Lipinski definition) is 1. The number of nitrogens with zero attached hydrogens (tertiary/aromatic N) is 4. The third-order valence-corrected chi connectivity index (χ3v) is 5.44. The van der Waals surface area contributed by atoms with E-state index in [9.17, 15) is 0 Å². The fourth-order valence-electron chi connectivity index (χ4n) is 3.91. The number of pyridine rings is 1. The van der Waals surface area contributed by atoms with Crippen LogP contribution in [-0.4, -0.2) is 33.2 Å². The van der Waals surface area contributed by atoms with Gasteiger partial charge in [-0.2, -0.15) is 0 Å². The Labute approximate surface area is 180 Å². The van der Waals surface area contributed by atoms with Crippen LogP contribution >= 0.6 is 0 Å². The molecule has 0 spiro atoms. The largest absolute Gasteiger partial charge is 0.492 e. The Hall–Kier alpha value is -3.93. The predicted octanol–water partition coefficient (Wildman–Crippen LogP) is 5.29. The summed E-state index contributed by atoms with van der Waals surface area (Å²) in [5, 5.41) is 5.36. The zero-order valence-electron chi connectivity index (χ0n) is 17.8. The number of aryl methyl sites for hydroxylation is 1. The van der Waals surface area contributed by atoms with E-state index in [0.29, 0.717) is 12.4 Å². The van der Waals surface area contributed by atoms with Gasteiger partial charge in [-0.1, -0.05) is 6.07 Å². The number of fused-ring (bicyclic) bond motifs is 2. The highest BCUT2D eigenvalue weighted by Crippen LogP contribution is 2.36. The molecule has 5 aromatic rings. The van der Waals surface area contributed by atoms with Crippen molar-refractivity contribution in [2.45, 2.75) is 6.92 Å². The Morgan fingerprint density at radius 1 is 1.00 bits per heavy atom. The van der Waals surface area contributed by atoms with Crippen LogP contribution in [0.1, 0.15) is 6.92 Å². The van der Waals surface area contributed by atoms with Crippen LogP contribution in [0, 0.1) is 0 Å². The lowest BCUT2D eigenvalue weighted by atomic mass is 10.0. The van der Waals surface area contributed by atoms with E-state index in [1.165, 1.54) is 10.9 Å². The monoisotopic (exact) mass is 409 g/mol.